The monoisotopic (exact) mass is 394 g/mol. The quantitative estimate of drug-likeness (QED) is 0.561. The van der Waals surface area contributed by atoms with Crippen LogP contribution in [0.5, 0.6) is 5.75 Å². The minimum absolute atomic E-state index is 0.0222. The first-order valence-electron chi connectivity index (χ1n) is 9.60. The summed E-state index contributed by atoms with van der Waals surface area (Å²) in [4.78, 5) is 15.9. The lowest BCUT2D eigenvalue weighted by Gasteiger charge is -2.12. The molecule has 146 valence electrons. The Morgan fingerprint density at radius 2 is 1.96 bits per heavy atom. The topological polar surface area (TPSA) is 51.2 Å². The highest BCUT2D eigenvalue weighted by molar-refractivity contribution is 7.13. The summed E-state index contributed by atoms with van der Waals surface area (Å²) < 4.78 is 5.59. The van der Waals surface area contributed by atoms with Gasteiger partial charge < -0.3 is 10.1 Å². The van der Waals surface area contributed by atoms with E-state index in [4.69, 9.17) is 9.72 Å². The van der Waals surface area contributed by atoms with Crippen molar-refractivity contribution < 1.29 is 9.53 Å². The number of carbonyl (C=O) groups is 1. The van der Waals surface area contributed by atoms with Gasteiger partial charge in [0.15, 0.2) is 0 Å². The lowest BCUT2D eigenvalue weighted by molar-refractivity contribution is -0.119. The molecule has 2 aromatic carbocycles. The van der Waals surface area contributed by atoms with Crippen molar-refractivity contribution in [1.29, 1.82) is 0 Å². The fourth-order valence-electron chi connectivity index (χ4n) is 3.07. The van der Waals surface area contributed by atoms with Crippen LogP contribution in [0.4, 0.5) is 0 Å². The molecule has 4 nitrogen and oxygen atoms in total. The van der Waals surface area contributed by atoms with E-state index >= 15 is 0 Å². The van der Waals surface area contributed by atoms with Crippen LogP contribution in [-0.4, -0.2) is 23.5 Å². The second kappa shape index (κ2) is 9.51. The zero-order valence-electron chi connectivity index (χ0n) is 16.6. The predicted molar refractivity (Wildman–Crippen MR) is 116 cm³/mol. The highest BCUT2D eigenvalue weighted by Gasteiger charge is 2.09. The molecular formula is C23H26N2O2S. The van der Waals surface area contributed by atoms with E-state index in [0.717, 1.165) is 40.4 Å². The molecule has 3 rings (SSSR count). The van der Waals surface area contributed by atoms with Crippen LogP contribution < -0.4 is 10.1 Å². The molecule has 1 N–H and O–H groups in total. The first-order valence-corrected chi connectivity index (χ1v) is 10.5. The standard InChI is InChI=1S/C23H26N2O2S/c1-4-27-21-7-5-6-20(14-21)23-25-22(15-28-23)19-12-10-18(11-13-19)9-8-16(2)24-17(3)26/h5-7,10-16H,4,8-9H2,1-3H3,(H,24,26). The van der Waals surface area contributed by atoms with E-state index in [0.29, 0.717) is 6.61 Å². The van der Waals surface area contributed by atoms with Crippen LogP contribution in [0.2, 0.25) is 0 Å². The SMILES string of the molecule is CCOc1cccc(-c2nc(-c3ccc(CCC(C)NC(C)=O)cc3)cs2)c1. The van der Waals surface area contributed by atoms with Crippen molar-refractivity contribution in [2.45, 2.75) is 39.7 Å². The van der Waals surface area contributed by atoms with E-state index in [9.17, 15) is 4.79 Å². The third-order valence-electron chi connectivity index (χ3n) is 4.46. The van der Waals surface area contributed by atoms with E-state index < -0.39 is 0 Å². The molecule has 0 fully saturated rings. The summed E-state index contributed by atoms with van der Waals surface area (Å²) in [5.74, 6) is 0.892. The molecule has 1 aromatic heterocycles. The third-order valence-corrected chi connectivity index (χ3v) is 5.35. The fraction of sp³-hybridized carbons (Fsp3) is 0.304. The van der Waals surface area contributed by atoms with Gasteiger partial charge in [0.05, 0.1) is 12.3 Å². The van der Waals surface area contributed by atoms with Crippen LogP contribution >= 0.6 is 11.3 Å². The van der Waals surface area contributed by atoms with Gasteiger partial charge in [-0.3, -0.25) is 4.79 Å². The Morgan fingerprint density at radius 1 is 1.18 bits per heavy atom. The Hall–Kier alpha value is -2.66. The summed E-state index contributed by atoms with van der Waals surface area (Å²) >= 11 is 1.64. The van der Waals surface area contributed by atoms with Gasteiger partial charge in [-0.2, -0.15) is 0 Å². The van der Waals surface area contributed by atoms with Gasteiger partial charge in [0.1, 0.15) is 10.8 Å². The summed E-state index contributed by atoms with van der Waals surface area (Å²) in [5, 5.41) is 6.01. The molecule has 1 amide bonds. The minimum atomic E-state index is 0.0222. The Kier molecular flexibility index (Phi) is 6.82. The highest BCUT2D eigenvalue weighted by atomic mass is 32.1. The van der Waals surface area contributed by atoms with Crippen molar-refractivity contribution in [3.05, 3.63) is 59.5 Å². The van der Waals surface area contributed by atoms with Crippen LogP contribution in [0, 0.1) is 0 Å². The average Bonchev–Trinajstić information content (AvgIpc) is 3.17. The first kappa shape index (κ1) is 20.1. The number of hydrogen-bond acceptors (Lipinski definition) is 4. The largest absolute Gasteiger partial charge is 0.494 e. The number of rotatable bonds is 8. The highest BCUT2D eigenvalue weighted by Crippen LogP contribution is 2.30. The van der Waals surface area contributed by atoms with E-state index in [-0.39, 0.29) is 11.9 Å². The molecule has 0 bridgehead atoms. The maximum absolute atomic E-state index is 11.1. The van der Waals surface area contributed by atoms with Gasteiger partial charge in [-0.1, -0.05) is 36.4 Å². The summed E-state index contributed by atoms with van der Waals surface area (Å²) in [5.41, 5.74) is 4.44. The van der Waals surface area contributed by atoms with Crippen molar-refractivity contribution in [2.24, 2.45) is 0 Å². The molecule has 0 aliphatic carbocycles. The number of nitrogens with zero attached hydrogens (tertiary/aromatic N) is 1. The van der Waals surface area contributed by atoms with E-state index in [1.807, 2.05) is 32.0 Å². The van der Waals surface area contributed by atoms with Crippen LogP contribution in [0.1, 0.15) is 32.8 Å². The van der Waals surface area contributed by atoms with Gasteiger partial charge in [-0.25, -0.2) is 4.98 Å². The first-order chi connectivity index (χ1) is 13.5. The van der Waals surface area contributed by atoms with Crippen molar-refractivity contribution in [2.75, 3.05) is 6.61 Å². The van der Waals surface area contributed by atoms with Gasteiger partial charge in [0.2, 0.25) is 5.91 Å². The van der Waals surface area contributed by atoms with Crippen LogP contribution in [0.25, 0.3) is 21.8 Å². The molecule has 0 saturated carbocycles. The maximum Gasteiger partial charge on any atom is 0.217 e. The van der Waals surface area contributed by atoms with E-state index in [2.05, 4.69) is 41.0 Å². The van der Waals surface area contributed by atoms with E-state index in [1.165, 1.54) is 5.56 Å². The Bertz CT molecular complexity index is 918. The number of ether oxygens (including phenoxy) is 1. The molecule has 1 heterocycles. The van der Waals surface area contributed by atoms with Crippen molar-refractivity contribution in [1.82, 2.24) is 10.3 Å². The molecule has 0 saturated heterocycles. The molecule has 0 aliphatic rings. The molecule has 28 heavy (non-hydrogen) atoms. The molecule has 1 atom stereocenters. The van der Waals surface area contributed by atoms with Crippen molar-refractivity contribution in [3.8, 4) is 27.6 Å². The number of hydrogen-bond donors (Lipinski definition) is 1. The Balaban J connectivity index is 1.66. The molecular weight excluding hydrogens is 368 g/mol. The van der Waals surface area contributed by atoms with E-state index in [1.54, 1.807) is 18.3 Å². The Labute approximate surface area is 170 Å². The number of amides is 1. The van der Waals surface area contributed by atoms with Gasteiger partial charge in [0, 0.05) is 29.5 Å². The molecule has 3 aromatic rings. The van der Waals surface area contributed by atoms with Gasteiger partial charge in [-0.05, 0) is 44.4 Å². The van der Waals surface area contributed by atoms with Crippen LogP contribution in [0.3, 0.4) is 0 Å². The molecule has 5 heteroatoms. The van der Waals surface area contributed by atoms with Gasteiger partial charge >= 0.3 is 0 Å². The summed E-state index contributed by atoms with van der Waals surface area (Å²) in [7, 11) is 0. The third kappa shape index (κ3) is 5.42. The number of carbonyl (C=O) groups excluding carboxylic acids is 1. The minimum Gasteiger partial charge on any atom is -0.494 e. The summed E-state index contributed by atoms with van der Waals surface area (Å²) in [6.45, 7) is 6.23. The number of benzene rings is 2. The molecule has 0 aliphatic heterocycles. The fourth-order valence-corrected chi connectivity index (χ4v) is 3.90. The van der Waals surface area contributed by atoms with Gasteiger partial charge in [0.25, 0.3) is 0 Å². The second-order valence-electron chi connectivity index (χ2n) is 6.84. The number of aromatic nitrogens is 1. The number of nitrogens with one attached hydrogen (secondary N) is 1. The molecule has 1 unspecified atom stereocenters. The average molecular weight is 395 g/mol. The van der Waals surface area contributed by atoms with Crippen molar-refractivity contribution in [3.63, 3.8) is 0 Å². The van der Waals surface area contributed by atoms with Crippen LogP contribution in [-0.2, 0) is 11.2 Å². The zero-order chi connectivity index (χ0) is 19.9. The lowest BCUT2D eigenvalue weighted by Crippen LogP contribution is -2.30. The zero-order valence-corrected chi connectivity index (χ0v) is 17.4. The predicted octanol–water partition coefficient (Wildman–Crippen LogP) is 5.33. The molecule has 0 spiro atoms. The smallest absolute Gasteiger partial charge is 0.217 e. The number of thiazole rings is 1. The summed E-state index contributed by atoms with van der Waals surface area (Å²) in [6.07, 6.45) is 1.87. The maximum atomic E-state index is 11.1. The second-order valence-corrected chi connectivity index (χ2v) is 7.69. The van der Waals surface area contributed by atoms with Crippen molar-refractivity contribution >= 4 is 17.2 Å². The van der Waals surface area contributed by atoms with Gasteiger partial charge in [-0.15, -0.1) is 11.3 Å². The number of aryl methyl sites for hydroxylation is 1. The lowest BCUT2D eigenvalue weighted by atomic mass is 10.0. The molecule has 0 radical (unpaired) electrons. The Morgan fingerprint density at radius 3 is 2.68 bits per heavy atom. The summed E-state index contributed by atoms with van der Waals surface area (Å²) in [6, 6.07) is 16.8. The van der Waals surface area contributed by atoms with Crippen LogP contribution in [0.15, 0.2) is 53.9 Å². The normalized spacial score (nSPS) is 11.8.